The van der Waals surface area contributed by atoms with Gasteiger partial charge in [-0.3, -0.25) is 19.1 Å². The van der Waals surface area contributed by atoms with E-state index >= 15 is 0 Å². The predicted molar refractivity (Wildman–Crippen MR) is 90.5 cm³/mol. The van der Waals surface area contributed by atoms with Crippen LogP contribution >= 0.6 is 0 Å². The van der Waals surface area contributed by atoms with Crippen molar-refractivity contribution < 1.29 is 14.7 Å². The van der Waals surface area contributed by atoms with Gasteiger partial charge in [-0.1, -0.05) is 42.5 Å². The normalized spacial score (nSPS) is 13.1. The lowest BCUT2D eigenvalue weighted by Crippen LogP contribution is -2.36. The Balaban J connectivity index is 1.95. The van der Waals surface area contributed by atoms with E-state index < -0.39 is 12.5 Å². The van der Waals surface area contributed by atoms with E-state index in [1.54, 1.807) is 12.1 Å². The molecule has 1 aromatic heterocycles. The van der Waals surface area contributed by atoms with Crippen molar-refractivity contribution in [2.45, 2.75) is 6.42 Å². The van der Waals surface area contributed by atoms with Crippen LogP contribution in [-0.4, -0.2) is 38.3 Å². The molecule has 3 aromatic rings. The first-order chi connectivity index (χ1) is 12.1. The lowest BCUT2D eigenvalue weighted by Gasteiger charge is -2.21. The summed E-state index contributed by atoms with van der Waals surface area (Å²) in [4.78, 5) is 25.1. The first-order valence-electron chi connectivity index (χ1n) is 7.76. The number of anilines is 1. The standard InChI is InChI=1S/C18H14N4O3/c23-16-10-15-19-20-18(12-6-2-1-3-7-12)22(15)14-9-5-4-8-13(14)21(16)11-17(24)25/h1-9H,10-11H2,(H,24,25). The zero-order valence-corrected chi connectivity index (χ0v) is 13.2. The van der Waals surface area contributed by atoms with Crippen molar-refractivity contribution in [3.8, 4) is 17.1 Å². The van der Waals surface area contributed by atoms with E-state index in [1.165, 1.54) is 4.90 Å². The summed E-state index contributed by atoms with van der Waals surface area (Å²) in [7, 11) is 0. The Morgan fingerprint density at radius 2 is 1.68 bits per heavy atom. The molecule has 4 rings (SSSR count). The number of rotatable bonds is 3. The predicted octanol–water partition coefficient (Wildman–Crippen LogP) is 1.91. The molecule has 1 aliphatic rings. The zero-order valence-electron chi connectivity index (χ0n) is 13.2. The summed E-state index contributed by atoms with van der Waals surface area (Å²) in [5, 5.41) is 17.6. The van der Waals surface area contributed by atoms with Crippen LogP contribution in [0.4, 0.5) is 5.69 Å². The SMILES string of the molecule is O=C(O)CN1C(=O)Cc2nnc(-c3ccccc3)n2-c2ccccc21. The molecular formula is C18H14N4O3. The largest absolute Gasteiger partial charge is 0.480 e. The molecule has 1 amide bonds. The van der Waals surface area contributed by atoms with E-state index in [2.05, 4.69) is 10.2 Å². The zero-order chi connectivity index (χ0) is 17.4. The number of carbonyl (C=O) groups excluding carboxylic acids is 1. The molecule has 7 nitrogen and oxygen atoms in total. The number of carboxylic acids is 1. The number of hydrogen-bond donors (Lipinski definition) is 1. The van der Waals surface area contributed by atoms with Crippen molar-refractivity contribution >= 4 is 17.6 Å². The maximum absolute atomic E-state index is 12.6. The van der Waals surface area contributed by atoms with Gasteiger partial charge in [-0.15, -0.1) is 10.2 Å². The second-order valence-electron chi connectivity index (χ2n) is 5.68. The summed E-state index contributed by atoms with van der Waals surface area (Å²) in [6.07, 6.45) is -0.0121. The Morgan fingerprint density at radius 3 is 2.40 bits per heavy atom. The Bertz CT molecular complexity index is 965. The summed E-state index contributed by atoms with van der Waals surface area (Å²) in [5.41, 5.74) is 2.09. The number of para-hydroxylation sites is 2. The summed E-state index contributed by atoms with van der Waals surface area (Å²) in [5.74, 6) is -0.276. The Kier molecular flexibility index (Phi) is 3.53. The number of aromatic nitrogens is 3. The van der Waals surface area contributed by atoms with Crippen LogP contribution in [0.2, 0.25) is 0 Å². The lowest BCUT2D eigenvalue weighted by molar-refractivity contribution is -0.136. The molecule has 7 heteroatoms. The average molecular weight is 334 g/mol. The molecule has 124 valence electrons. The number of nitrogens with zero attached hydrogens (tertiary/aromatic N) is 4. The molecule has 0 radical (unpaired) electrons. The van der Waals surface area contributed by atoms with Gasteiger partial charge in [0.15, 0.2) is 5.82 Å². The van der Waals surface area contributed by atoms with Gasteiger partial charge in [-0.25, -0.2) is 0 Å². The van der Waals surface area contributed by atoms with Crippen molar-refractivity contribution in [2.24, 2.45) is 0 Å². The molecule has 0 bridgehead atoms. The molecule has 0 fully saturated rings. The van der Waals surface area contributed by atoms with Crippen LogP contribution in [0, 0.1) is 0 Å². The van der Waals surface area contributed by atoms with Gasteiger partial charge < -0.3 is 5.11 Å². The number of carbonyl (C=O) groups is 2. The first kappa shape index (κ1) is 15.1. The maximum Gasteiger partial charge on any atom is 0.323 e. The van der Waals surface area contributed by atoms with Crippen molar-refractivity contribution in [1.82, 2.24) is 14.8 Å². The molecule has 0 unspecified atom stereocenters. The van der Waals surface area contributed by atoms with Crippen molar-refractivity contribution in [3.63, 3.8) is 0 Å². The molecule has 2 heterocycles. The van der Waals surface area contributed by atoms with Gasteiger partial charge >= 0.3 is 5.97 Å². The molecule has 2 aromatic carbocycles. The van der Waals surface area contributed by atoms with Crippen LogP contribution in [0.1, 0.15) is 5.82 Å². The van der Waals surface area contributed by atoms with Crippen LogP contribution in [0.25, 0.3) is 17.1 Å². The third-order valence-electron chi connectivity index (χ3n) is 4.08. The second-order valence-corrected chi connectivity index (χ2v) is 5.68. The highest BCUT2D eigenvalue weighted by Gasteiger charge is 2.30. The Morgan fingerprint density at radius 1 is 1.00 bits per heavy atom. The van der Waals surface area contributed by atoms with Gasteiger partial charge in [0.05, 0.1) is 17.8 Å². The van der Waals surface area contributed by atoms with E-state index in [0.29, 0.717) is 23.0 Å². The van der Waals surface area contributed by atoms with E-state index in [4.69, 9.17) is 0 Å². The van der Waals surface area contributed by atoms with Gasteiger partial charge in [-0.05, 0) is 12.1 Å². The number of amides is 1. The lowest BCUT2D eigenvalue weighted by atomic mass is 10.2. The molecule has 0 aliphatic carbocycles. The van der Waals surface area contributed by atoms with Gasteiger partial charge in [0, 0.05) is 5.56 Å². The molecule has 25 heavy (non-hydrogen) atoms. The Hall–Kier alpha value is -3.48. The van der Waals surface area contributed by atoms with Gasteiger partial charge in [0.25, 0.3) is 0 Å². The molecule has 1 N–H and O–H groups in total. The molecule has 0 spiro atoms. The second kappa shape index (κ2) is 5.86. The fourth-order valence-corrected chi connectivity index (χ4v) is 3.01. The smallest absolute Gasteiger partial charge is 0.323 e. The van der Waals surface area contributed by atoms with Crippen molar-refractivity contribution in [1.29, 1.82) is 0 Å². The summed E-state index contributed by atoms with van der Waals surface area (Å²) < 4.78 is 1.82. The first-order valence-corrected chi connectivity index (χ1v) is 7.76. The van der Waals surface area contributed by atoms with Crippen LogP contribution in [-0.2, 0) is 16.0 Å². The quantitative estimate of drug-likeness (QED) is 0.790. The van der Waals surface area contributed by atoms with E-state index in [0.717, 1.165) is 5.56 Å². The van der Waals surface area contributed by atoms with Crippen molar-refractivity contribution in [3.05, 3.63) is 60.4 Å². The van der Waals surface area contributed by atoms with Crippen LogP contribution < -0.4 is 4.90 Å². The highest BCUT2D eigenvalue weighted by atomic mass is 16.4. The van der Waals surface area contributed by atoms with Gasteiger partial charge in [0.1, 0.15) is 12.4 Å². The van der Waals surface area contributed by atoms with E-state index in [1.807, 2.05) is 47.0 Å². The third kappa shape index (κ3) is 2.55. The van der Waals surface area contributed by atoms with Gasteiger partial charge in [-0.2, -0.15) is 0 Å². The van der Waals surface area contributed by atoms with E-state index in [9.17, 15) is 14.7 Å². The van der Waals surface area contributed by atoms with Crippen molar-refractivity contribution in [2.75, 3.05) is 11.4 Å². The van der Waals surface area contributed by atoms with Crippen LogP contribution in [0.3, 0.4) is 0 Å². The maximum atomic E-state index is 12.6. The minimum Gasteiger partial charge on any atom is -0.480 e. The molecule has 0 saturated heterocycles. The fourth-order valence-electron chi connectivity index (χ4n) is 3.01. The highest BCUT2D eigenvalue weighted by Crippen LogP contribution is 2.32. The minimum atomic E-state index is -1.07. The molecule has 0 atom stereocenters. The molecule has 1 aliphatic heterocycles. The fraction of sp³-hybridized carbons (Fsp3) is 0.111. The summed E-state index contributed by atoms with van der Waals surface area (Å²) >= 11 is 0. The van der Waals surface area contributed by atoms with E-state index in [-0.39, 0.29) is 12.3 Å². The number of fused-ring (bicyclic) bond motifs is 3. The average Bonchev–Trinajstić information content (AvgIpc) is 2.99. The van der Waals surface area contributed by atoms with Gasteiger partial charge in [0.2, 0.25) is 5.91 Å². The highest BCUT2D eigenvalue weighted by molar-refractivity contribution is 6.01. The molecule has 0 saturated carbocycles. The molecular weight excluding hydrogens is 320 g/mol. The number of benzene rings is 2. The topological polar surface area (TPSA) is 88.3 Å². The minimum absolute atomic E-state index is 0.0121. The monoisotopic (exact) mass is 334 g/mol. The third-order valence-corrected chi connectivity index (χ3v) is 4.08. The number of hydrogen-bond acceptors (Lipinski definition) is 4. The Labute approximate surface area is 143 Å². The summed E-state index contributed by atoms with van der Waals surface area (Å²) in [6, 6.07) is 16.7. The number of carboxylic acid groups (broad SMARTS) is 1. The van der Waals surface area contributed by atoms with Crippen LogP contribution in [0.15, 0.2) is 54.6 Å². The van der Waals surface area contributed by atoms with Crippen LogP contribution in [0.5, 0.6) is 0 Å². The summed E-state index contributed by atoms with van der Waals surface area (Å²) in [6.45, 7) is -0.394. The number of aliphatic carboxylic acids is 1.